The van der Waals surface area contributed by atoms with Crippen LogP contribution < -0.4 is 11.3 Å². The van der Waals surface area contributed by atoms with Crippen molar-refractivity contribution in [3.8, 4) is 0 Å². The lowest BCUT2D eigenvalue weighted by Gasteiger charge is -2.04. The van der Waals surface area contributed by atoms with Crippen LogP contribution in [0, 0.1) is 0 Å². The standard InChI is InChI=1S/C19H12BrN3O3S/c20-12-3-1-2-10(6-12)16(24)8-13-9-27-19-22-15-7-11(17(21)25)4-5-14(15)18(26)23(13)19/h1-7,9H,8H2,(H2,21,25). The molecule has 4 rings (SSSR count). The molecule has 0 unspecified atom stereocenters. The Bertz CT molecular complexity index is 1290. The molecule has 1 amide bonds. The monoisotopic (exact) mass is 441 g/mol. The summed E-state index contributed by atoms with van der Waals surface area (Å²) in [6, 6.07) is 11.7. The summed E-state index contributed by atoms with van der Waals surface area (Å²) in [5, 5.41) is 2.13. The summed E-state index contributed by atoms with van der Waals surface area (Å²) >= 11 is 4.63. The van der Waals surface area contributed by atoms with Crippen LogP contribution in [0.4, 0.5) is 0 Å². The Morgan fingerprint density at radius 3 is 2.70 bits per heavy atom. The quantitative estimate of drug-likeness (QED) is 0.491. The SMILES string of the molecule is NC(=O)c1ccc2c(=O)n3c(CC(=O)c4cccc(Br)c4)csc3nc2c1. The minimum atomic E-state index is -0.578. The summed E-state index contributed by atoms with van der Waals surface area (Å²) < 4.78 is 2.27. The highest BCUT2D eigenvalue weighted by molar-refractivity contribution is 9.10. The van der Waals surface area contributed by atoms with Gasteiger partial charge in [0.15, 0.2) is 10.7 Å². The molecule has 2 aromatic heterocycles. The molecule has 0 aliphatic heterocycles. The lowest BCUT2D eigenvalue weighted by molar-refractivity contribution is 0.0986. The van der Waals surface area contributed by atoms with Gasteiger partial charge in [-0.3, -0.25) is 18.8 Å². The zero-order valence-corrected chi connectivity index (χ0v) is 16.2. The van der Waals surface area contributed by atoms with Crippen LogP contribution in [0.15, 0.2) is 57.1 Å². The fourth-order valence-corrected chi connectivity index (χ4v) is 4.16. The molecule has 27 heavy (non-hydrogen) atoms. The Morgan fingerprint density at radius 1 is 1.15 bits per heavy atom. The van der Waals surface area contributed by atoms with Gasteiger partial charge in [0, 0.05) is 26.7 Å². The minimum absolute atomic E-state index is 0.0862. The number of hydrogen-bond acceptors (Lipinski definition) is 5. The number of nitrogens with two attached hydrogens (primary N) is 1. The second-order valence-corrected chi connectivity index (χ2v) is 7.72. The molecule has 2 N–H and O–H groups in total. The van der Waals surface area contributed by atoms with Crippen molar-refractivity contribution in [1.29, 1.82) is 0 Å². The van der Waals surface area contributed by atoms with Crippen molar-refractivity contribution in [2.45, 2.75) is 6.42 Å². The average Bonchev–Trinajstić information content (AvgIpc) is 3.04. The largest absolute Gasteiger partial charge is 0.366 e. The van der Waals surface area contributed by atoms with E-state index in [-0.39, 0.29) is 17.8 Å². The van der Waals surface area contributed by atoms with Gasteiger partial charge >= 0.3 is 0 Å². The summed E-state index contributed by atoms with van der Waals surface area (Å²) in [5.74, 6) is -0.669. The maximum Gasteiger partial charge on any atom is 0.266 e. The van der Waals surface area contributed by atoms with Gasteiger partial charge in [-0.15, -0.1) is 11.3 Å². The first kappa shape index (κ1) is 17.6. The number of fused-ring (bicyclic) bond motifs is 2. The number of primary amides is 1. The van der Waals surface area contributed by atoms with E-state index in [0.717, 1.165) is 4.47 Å². The number of carbonyl (C=O) groups is 2. The van der Waals surface area contributed by atoms with E-state index < -0.39 is 5.91 Å². The van der Waals surface area contributed by atoms with Crippen molar-refractivity contribution >= 4 is 54.8 Å². The minimum Gasteiger partial charge on any atom is -0.366 e. The number of ketones is 1. The van der Waals surface area contributed by atoms with Crippen LogP contribution in [0.25, 0.3) is 15.9 Å². The zero-order valence-electron chi connectivity index (χ0n) is 13.8. The maximum atomic E-state index is 12.9. The first-order valence-corrected chi connectivity index (χ1v) is 9.63. The second-order valence-electron chi connectivity index (χ2n) is 5.97. The number of halogens is 1. The molecule has 134 valence electrons. The van der Waals surface area contributed by atoms with Crippen molar-refractivity contribution in [3.63, 3.8) is 0 Å². The Hall–Kier alpha value is -2.84. The molecule has 8 heteroatoms. The molecule has 0 radical (unpaired) electrons. The van der Waals surface area contributed by atoms with Crippen molar-refractivity contribution in [2.75, 3.05) is 0 Å². The molecular formula is C19H12BrN3O3S. The molecule has 0 fully saturated rings. The smallest absolute Gasteiger partial charge is 0.266 e. The van der Waals surface area contributed by atoms with Crippen LogP contribution >= 0.6 is 27.3 Å². The third-order valence-electron chi connectivity index (χ3n) is 4.20. The summed E-state index contributed by atoms with van der Waals surface area (Å²) in [5.41, 5.74) is 6.86. The number of amides is 1. The molecule has 0 bridgehead atoms. The summed E-state index contributed by atoms with van der Waals surface area (Å²) in [6.45, 7) is 0. The molecular weight excluding hydrogens is 430 g/mol. The Kier molecular flexibility index (Phi) is 4.37. The molecule has 0 aliphatic rings. The highest BCUT2D eigenvalue weighted by Gasteiger charge is 2.16. The molecule has 0 spiro atoms. The van der Waals surface area contributed by atoms with E-state index in [1.165, 1.54) is 33.9 Å². The van der Waals surface area contributed by atoms with Crippen molar-refractivity contribution < 1.29 is 9.59 Å². The van der Waals surface area contributed by atoms with E-state index >= 15 is 0 Å². The number of thiazole rings is 1. The van der Waals surface area contributed by atoms with Gasteiger partial charge in [0.1, 0.15) is 0 Å². The van der Waals surface area contributed by atoms with Gasteiger partial charge < -0.3 is 5.73 Å². The summed E-state index contributed by atoms with van der Waals surface area (Å²) in [4.78, 5) is 41.8. The van der Waals surface area contributed by atoms with Gasteiger partial charge in [-0.1, -0.05) is 28.1 Å². The number of rotatable bonds is 4. The fraction of sp³-hybridized carbons (Fsp3) is 0.0526. The Labute approximate surface area is 165 Å². The maximum absolute atomic E-state index is 12.9. The van der Waals surface area contributed by atoms with E-state index in [9.17, 15) is 14.4 Å². The predicted molar refractivity (Wildman–Crippen MR) is 108 cm³/mol. The highest BCUT2D eigenvalue weighted by Crippen LogP contribution is 2.20. The van der Waals surface area contributed by atoms with Gasteiger partial charge in [-0.05, 0) is 30.3 Å². The lowest BCUT2D eigenvalue weighted by atomic mass is 10.1. The highest BCUT2D eigenvalue weighted by atomic mass is 79.9. The number of hydrogen-bond donors (Lipinski definition) is 1. The first-order chi connectivity index (χ1) is 12.9. The number of nitrogens with zero attached hydrogens (tertiary/aromatic N) is 2. The zero-order chi connectivity index (χ0) is 19.1. The number of benzene rings is 2. The Morgan fingerprint density at radius 2 is 1.96 bits per heavy atom. The van der Waals surface area contributed by atoms with E-state index in [4.69, 9.17) is 5.73 Å². The van der Waals surface area contributed by atoms with E-state index in [0.29, 0.717) is 32.7 Å². The number of Topliss-reactive ketones (excluding diaryl/α,β-unsaturated/α-hetero) is 1. The van der Waals surface area contributed by atoms with Crippen LogP contribution in [-0.4, -0.2) is 21.1 Å². The van der Waals surface area contributed by atoms with Gasteiger partial charge in [0.25, 0.3) is 5.56 Å². The van der Waals surface area contributed by atoms with Crippen LogP contribution in [-0.2, 0) is 6.42 Å². The second kappa shape index (κ2) is 6.71. The molecule has 6 nitrogen and oxygen atoms in total. The molecule has 2 heterocycles. The third kappa shape index (κ3) is 3.17. The van der Waals surface area contributed by atoms with Gasteiger partial charge in [0.2, 0.25) is 5.91 Å². The van der Waals surface area contributed by atoms with Crippen molar-refractivity contribution in [2.24, 2.45) is 5.73 Å². The third-order valence-corrected chi connectivity index (χ3v) is 5.57. The average molecular weight is 442 g/mol. The predicted octanol–water partition coefficient (Wildman–Crippen LogP) is 3.20. The van der Waals surface area contributed by atoms with Gasteiger partial charge in [-0.25, -0.2) is 4.98 Å². The molecule has 2 aromatic carbocycles. The van der Waals surface area contributed by atoms with Gasteiger partial charge in [-0.2, -0.15) is 0 Å². The molecule has 0 atom stereocenters. The molecule has 0 saturated carbocycles. The van der Waals surface area contributed by atoms with E-state index in [2.05, 4.69) is 20.9 Å². The number of carbonyl (C=O) groups excluding carboxylic acids is 2. The van der Waals surface area contributed by atoms with Crippen LogP contribution in [0.2, 0.25) is 0 Å². The number of aromatic nitrogens is 2. The molecule has 4 aromatic rings. The van der Waals surface area contributed by atoms with Crippen LogP contribution in [0.5, 0.6) is 0 Å². The lowest BCUT2D eigenvalue weighted by Crippen LogP contribution is -2.18. The Balaban J connectivity index is 1.81. The van der Waals surface area contributed by atoms with E-state index in [1.54, 1.807) is 23.6 Å². The van der Waals surface area contributed by atoms with Crippen LogP contribution in [0.3, 0.4) is 0 Å². The molecule has 0 saturated heterocycles. The van der Waals surface area contributed by atoms with Gasteiger partial charge in [0.05, 0.1) is 17.3 Å². The summed E-state index contributed by atoms with van der Waals surface area (Å²) in [6.07, 6.45) is 0.0862. The van der Waals surface area contributed by atoms with E-state index in [1.807, 2.05) is 6.07 Å². The normalized spacial score (nSPS) is 11.1. The topological polar surface area (TPSA) is 94.5 Å². The molecule has 0 aliphatic carbocycles. The van der Waals surface area contributed by atoms with Crippen LogP contribution in [0.1, 0.15) is 26.4 Å². The summed E-state index contributed by atoms with van der Waals surface area (Å²) in [7, 11) is 0. The fourth-order valence-electron chi connectivity index (χ4n) is 2.87. The first-order valence-electron chi connectivity index (χ1n) is 7.95. The van der Waals surface area contributed by atoms with Crippen molar-refractivity contribution in [3.05, 3.63) is 79.5 Å². The van der Waals surface area contributed by atoms with Crippen molar-refractivity contribution in [1.82, 2.24) is 9.38 Å².